The quantitative estimate of drug-likeness (QED) is 0.543. The van der Waals surface area contributed by atoms with Crippen LogP contribution in [0.3, 0.4) is 0 Å². The van der Waals surface area contributed by atoms with Gasteiger partial charge in [0.15, 0.2) is 5.82 Å². The zero-order valence-corrected chi connectivity index (χ0v) is 16.1. The lowest BCUT2D eigenvalue weighted by molar-refractivity contribution is 0.315. The van der Waals surface area contributed by atoms with Crippen LogP contribution in [0.4, 0.5) is 0 Å². The van der Waals surface area contributed by atoms with E-state index in [2.05, 4.69) is 72.4 Å². The fourth-order valence-corrected chi connectivity index (χ4v) is 3.12. The van der Waals surface area contributed by atoms with Gasteiger partial charge in [-0.15, -0.1) is 0 Å². The first-order valence-corrected chi connectivity index (χ1v) is 9.08. The van der Waals surface area contributed by atoms with Crippen LogP contribution in [0.25, 0.3) is 28.0 Å². The van der Waals surface area contributed by atoms with E-state index in [9.17, 15) is 0 Å². The number of aromatic nitrogens is 4. The van der Waals surface area contributed by atoms with Gasteiger partial charge in [-0.3, -0.25) is 4.98 Å². The first kappa shape index (κ1) is 17.4. The van der Waals surface area contributed by atoms with Crippen LogP contribution < -0.4 is 0 Å². The monoisotopic (exact) mass is 357 g/mol. The average Bonchev–Trinajstić information content (AvgIpc) is 3.10. The standard InChI is InChI=1S/C22H23N5/c1-15-7-5-10-22(24-15)27-21-13-17(11-12-18(21)14-23-27)20-9-6-8-19(25-20)16(2)26(3)4/h5-14,16H,1-4H3. The SMILES string of the molecule is Cc1cccc(-n2ncc3ccc(-c4cccc(C(C)N(C)C)n4)cc32)n1. The summed E-state index contributed by atoms with van der Waals surface area (Å²) in [4.78, 5) is 11.6. The van der Waals surface area contributed by atoms with Gasteiger partial charge in [0, 0.05) is 22.7 Å². The summed E-state index contributed by atoms with van der Waals surface area (Å²) in [6, 6.07) is 18.8. The average molecular weight is 357 g/mol. The van der Waals surface area contributed by atoms with Gasteiger partial charge >= 0.3 is 0 Å². The summed E-state index contributed by atoms with van der Waals surface area (Å²) < 4.78 is 1.89. The molecule has 5 nitrogen and oxygen atoms in total. The second-order valence-corrected chi connectivity index (χ2v) is 7.05. The van der Waals surface area contributed by atoms with Crippen molar-refractivity contribution in [1.82, 2.24) is 24.6 Å². The van der Waals surface area contributed by atoms with Crippen LogP contribution in [0, 0.1) is 6.92 Å². The minimum Gasteiger partial charge on any atom is -0.301 e. The summed E-state index contributed by atoms with van der Waals surface area (Å²) >= 11 is 0. The number of aryl methyl sites for hydroxylation is 1. The Morgan fingerprint density at radius 2 is 1.78 bits per heavy atom. The van der Waals surface area contributed by atoms with Crippen LogP contribution in [-0.2, 0) is 0 Å². The third-order valence-electron chi connectivity index (χ3n) is 4.93. The third-order valence-corrected chi connectivity index (χ3v) is 4.93. The highest BCUT2D eigenvalue weighted by molar-refractivity contribution is 5.84. The molecule has 3 heterocycles. The summed E-state index contributed by atoms with van der Waals surface area (Å²) in [5.41, 5.74) is 5.10. The van der Waals surface area contributed by atoms with Crippen molar-refractivity contribution in [2.24, 2.45) is 0 Å². The van der Waals surface area contributed by atoms with Gasteiger partial charge in [0.25, 0.3) is 0 Å². The topological polar surface area (TPSA) is 46.8 Å². The van der Waals surface area contributed by atoms with Crippen molar-refractivity contribution in [3.8, 4) is 17.1 Å². The van der Waals surface area contributed by atoms with E-state index in [1.54, 1.807) is 0 Å². The van der Waals surface area contributed by atoms with E-state index in [-0.39, 0.29) is 6.04 Å². The van der Waals surface area contributed by atoms with Crippen LogP contribution in [0.5, 0.6) is 0 Å². The molecule has 0 aliphatic rings. The minimum absolute atomic E-state index is 0.260. The molecule has 0 amide bonds. The van der Waals surface area contributed by atoms with Gasteiger partial charge in [0.2, 0.25) is 0 Å². The fourth-order valence-electron chi connectivity index (χ4n) is 3.12. The maximum Gasteiger partial charge on any atom is 0.154 e. The van der Waals surface area contributed by atoms with Gasteiger partial charge in [-0.05, 0) is 58.3 Å². The predicted molar refractivity (Wildman–Crippen MR) is 109 cm³/mol. The van der Waals surface area contributed by atoms with Crippen molar-refractivity contribution < 1.29 is 0 Å². The van der Waals surface area contributed by atoms with Crippen molar-refractivity contribution >= 4 is 10.9 Å². The number of fused-ring (bicyclic) bond motifs is 1. The van der Waals surface area contributed by atoms with E-state index in [1.165, 1.54) is 0 Å². The molecule has 3 aromatic heterocycles. The maximum absolute atomic E-state index is 4.88. The molecule has 0 bridgehead atoms. The lowest BCUT2D eigenvalue weighted by Gasteiger charge is -2.19. The Labute approximate surface area is 159 Å². The molecule has 1 aromatic carbocycles. The molecule has 4 rings (SSSR count). The molecule has 4 aromatic rings. The molecule has 0 aliphatic carbocycles. The van der Waals surface area contributed by atoms with Gasteiger partial charge < -0.3 is 4.90 Å². The van der Waals surface area contributed by atoms with Crippen LogP contribution in [0.15, 0.2) is 60.8 Å². The van der Waals surface area contributed by atoms with Crippen molar-refractivity contribution in [2.45, 2.75) is 19.9 Å². The van der Waals surface area contributed by atoms with Crippen molar-refractivity contribution in [2.75, 3.05) is 14.1 Å². The van der Waals surface area contributed by atoms with Crippen molar-refractivity contribution in [3.63, 3.8) is 0 Å². The smallest absolute Gasteiger partial charge is 0.154 e. The Kier molecular flexibility index (Phi) is 4.46. The molecule has 0 saturated carbocycles. The van der Waals surface area contributed by atoms with Gasteiger partial charge in [-0.25, -0.2) is 9.67 Å². The predicted octanol–water partition coefficient (Wildman–Crippen LogP) is 4.41. The normalized spacial score (nSPS) is 12.6. The molecule has 5 heteroatoms. The van der Waals surface area contributed by atoms with Gasteiger partial charge in [-0.1, -0.05) is 24.3 Å². The lowest BCUT2D eigenvalue weighted by Crippen LogP contribution is -2.17. The first-order chi connectivity index (χ1) is 13.0. The van der Waals surface area contributed by atoms with Crippen molar-refractivity contribution in [1.29, 1.82) is 0 Å². The molecule has 0 aliphatic heterocycles. The first-order valence-electron chi connectivity index (χ1n) is 9.08. The van der Waals surface area contributed by atoms with Crippen molar-refractivity contribution in [3.05, 3.63) is 72.2 Å². The minimum atomic E-state index is 0.260. The van der Waals surface area contributed by atoms with E-state index in [1.807, 2.05) is 36.0 Å². The number of rotatable bonds is 4. The molecule has 27 heavy (non-hydrogen) atoms. The van der Waals surface area contributed by atoms with E-state index in [0.717, 1.165) is 39.4 Å². The number of hydrogen-bond donors (Lipinski definition) is 0. The Bertz CT molecular complexity index is 1100. The molecule has 0 fully saturated rings. The zero-order chi connectivity index (χ0) is 19.0. The van der Waals surface area contributed by atoms with E-state index < -0.39 is 0 Å². The highest BCUT2D eigenvalue weighted by atomic mass is 15.3. The fraction of sp³-hybridized carbons (Fsp3) is 0.227. The third kappa shape index (κ3) is 3.34. The van der Waals surface area contributed by atoms with E-state index in [4.69, 9.17) is 4.98 Å². The molecule has 136 valence electrons. The Morgan fingerprint density at radius 3 is 2.56 bits per heavy atom. The largest absolute Gasteiger partial charge is 0.301 e. The highest BCUT2D eigenvalue weighted by Gasteiger charge is 2.12. The molecule has 0 radical (unpaired) electrons. The van der Waals surface area contributed by atoms with Crippen LogP contribution in [0.2, 0.25) is 0 Å². The molecule has 0 N–H and O–H groups in total. The molecular formula is C22H23N5. The van der Waals surface area contributed by atoms with Gasteiger partial charge in [0.05, 0.1) is 23.1 Å². The second-order valence-electron chi connectivity index (χ2n) is 7.05. The van der Waals surface area contributed by atoms with Crippen LogP contribution in [-0.4, -0.2) is 38.7 Å². The lowest BCUT2D eigenvalue weighted by atomic mass is 10.1. The zero-order valence-electron chi connectivity index (χ0n) is 16.1. The summed E-state index contributed by atoms with van der Waals surface area (Å²) in [6.07, 6.45) is 1.88. The summed E-state index contributed by atoms with van der Waals surface area (Å²) in [5, 5.41) is 5.62. The van der Waals surface area contributed by atoms with Gasteiger partial charge in [0.1, 0.15) is 0 Å². The molecule has 0 saturated heterocycles. The summed E-state index contributed by atoms with van der Waals surface area (Å²) in [5.74, 6) is 0.824. The second kappa shape index (κ2) is 6.93. The highest BCUT2D eigenvalue weighted by Crippen LogP contribution is 2.26. The van der Waals surface area contributed by atoms with E-state index >= 15 is 0 Å². The van der Waals surface area contributed by atoms with Crippen LogP contribution in [0.1, 0.15) is 24.4 Å². The number of pyridine rings is 2. The Morgan fingerprint density at radius 1 is 0.963 bits per heavy atom. The number of benzene rings is 1. The maximum atomic E-state index is 4.88. The number of nitrogens with zero attached hydrogens (tertiary/aromatic N) is 5. The molecule has 1 unspecified atom stereocenters. The molecular weight excluding hydrogens is 334 g/mol. The van der Waals surface area contributed by atoms with Gasteiger partial charge in [-0.2, -0.15) is 5.10 Å². The Hall–Kier alpha value is -3.05. The molecule has 0 spiro atoms. The van der Waals surface area contributed by atoms with Crippen LogP contribution >= 0.6 is 0 Å². The summed E-state index contributed by atoms with van der Waals surface area (Å²) in [7, 11) is 4.14. The molecule has 1 atom stereocenters. The summed E-state index contributed by atoms with van der Waals surface area (Å²) in [6.45, 7) is 4.15. The number of hydrogen-bond acceptors (Lipinski definition) is 4. The van der Waals surface area contributed by atoms with E-state index in [0.29, 0.717) is 0 Å². The Balaban J connectivity index is 1.80.